The van der Waals surface area contributed by atoms with Crippen LogP contribution in [0.2, 0.25) is 0 Å². The van der Waals surface area contributed by atoms with Crippen molar-refractivity contribution in [2.45, 2.75) is 0 Å². The van der Waals surface area contributed by atoms with Crippen LogP contribution in [0, 0.1) is 0 Å². The summed E-state index contributed by atoms with van der Waals surface area (Å²) in [6.07, 6.45) is 0. The van der Waals surface area contributed by atoms with E-state index < -0.39 is 8.60 Å². The molecule has 0 unspecified atom stereocenters. The minimum absolute atomic E-state index is 0. The van der Waals surface area contributed by atoms with E-state index in [9.17, 15) is 0 Å². The third-order valence-corrected chi connectivity index (χ3v) is 0. The van der Waals surface area contributed by atoms with E-state index in [2.05, 4.69) is 0 Å². The molecule has 0 radical (unpaired) electrons. The summed E-state index contributed by atoms with van der Waals surface area (Å²) < 4.78 is 0. The maximum absolute atomic E-state index is 8.48. The van der Waals surface area contributed by atoms with Crippen LogP contribution in [0.3, 0.4) is 0 Å². The summed E-state index contributed by atoms with van der Waals surface area (Å²) in [6.45, 7) is 0. The second-order valence-electron chi connectivity index (χ2n) is 0.224. The Bertz CT molecular complexity index is 13.5. The van der Waals surface area contributed by atoms with E-state index in [0.717, 1.165) is 0 Å². The Morgan fingerprint density at radius 3 is 0.833 bits per heavy atom. The first kappa shape index (κ1) is 15.6. The maximum atomic E-state index is 8.48. The van der Waals surface area contributed by atoms with Gasteiger partial charge in [-0.05, 0) is 0 Å². The van der Waals surface area contributed by atoms with Crippen LogP contribution in [0.25, 0.3) is 0 Å². The van der Waals surface area contributed by atoms with Crippen LogP contribution in [-0.2, 0) is 0 Å². The third-order valence-electron chi connectivity index (χ3n) is 0. The second kappa shape index (κ2) is 9.71. The zero-order valence-electron chi connectivity index (χ0n) is 3.67. The molecular formula is Li2O3P-. The topological polar surface area (TPSA) is 69.2 Å². The molecule has 0 aromatic rings. The molecule has 0 aliphatic heterocycles. The Morgan fingerprint density at radius 1 is 0.833 bits per heavy atom. The van der Waals surface area contributed by atoms with Gasteiger partial charge in [0.25, 0.3) is 0 Å². The van der Waals surface area contributed by atoms with Gasteiger partial charge in [0.15, 0.2) is 0 Å². The molecule has 0 fully saturated rings. The van der Waals surface area contributed by atoms with Crippen LogP contribution in [0.15, 0.2) is 0 Å². The van der Waals surface area contributed by atoms with Crippen LogP contribution in [0.5, 0.6) is 0 Å². The van der Waals surface area contributed by atoms with Gasteiger partial charge in [-0.15, -0.1) is 0 Å². The summed E-state index contributed by atoms with van der Waals surface area (Å²) in [5.41, 5.74) is 0. The van der Waals surface area contributed by atoms with Crippen molar-refractivity contribution in [1.82, 2.24) is 0 Å². The Kier molecular flexibility index (Phi) is 25.3. The van der Waals surface area contributed by atoms with Crippen molar-refractivity contribution < 1.29 is 52.4 Å². The number of hydrogen-bond donors (Lipinski definition) is 0. The molecule has 0 N–H and O–H groups in total. The first-order valence-electron chi connectivity index (χ1n) is 0.548. The first-order chi connectivity index (χ1) is 1.73. The van der Waals surface area contributed by atoms with E-state index in [1.807, 2.05) is 0 Å². The summed E-state index contributed by atoms with van der Waals surface area (Å²) in [4.78, 5) is 25.4. The average molecular weight is 92.9 g/mol. The van der Waals surface area contributed by atoms with E-state index in [-0.39, 0.29) is 37.7 Å². The second-order valence-corrected chi connectivity index (χ2v) is 0.671. The molecule has 0 saturated heterocycles. The van der Waals surface area contributed by atoms with Crippen molar-refractivity contribution in [1.29, 1.82) is 0 Å². The normalized spacial score (nSPS) is 6.00. The van der Waals surface area contributed by atoms with Crippen LogP contribution in [-0.4, -0.2) is 0 Å². The minimum atomic E-state index is -3.37. The van der Waals surface area contributed by atoms with Crippen molar-refractivity contribution in [2.75, 3.05) is 0 Å². The van der Waals surface area contributed by atoms with E-state index >= 15 is 0 Å². The predicted molar refractivity (Wildman–Crippen MR) is 6.92 cm³/mol. The summed E-state index contributed by atoms with van der Waals surface area (Å²) in [5.74, 6) is 0. The quantitative estimate of drug-likeness (QED) is 0.220. The summed E-state index contributed by atoms with van der Waals surface area (Å²) in [6, 6.07) is 0. The molecule has 26 valence electrons. The summed E-state index contributed by atoms with van der Waals surface area (Å²) >= 11 is 0. The van der Waals surface area contributed by atoms with Crippen molar-refractivity contribution in [3.8, 4) is 0 Å². The molecule has 0 aromatic heterocycles. The molecule has 0 aliphatic rings. The van der Waals surface area contributed by atoms with Crippen LogP contribution >= 0.6 is 8.60 Å². The fraction of sp³-hybridized carbons (Fsp3) is 0. The van der Waals surface area contributed by atoms with Gasteiger partial charge in [-0.3, -0.25) is 0 Å². The minimum Gasteiger partial charge on any atom is -0.854 e. The zero-order valence-corrected chi connectivity index (χ0v) is 4.57. The molecule has 0 aromatic carbocycles. The Morgan fingerprint density at radius 2 is 0.833 bits per heavy atom. The van der Waals surface area contributed by atoms with Gasteiger partial charge in [0.1, 0.15) is 0 Å². The monoisotopic (exact) mass is 93.0 g/mol. The summed E-state index contributed by atoms with van der Waals surface area (Å²) in [5, 5.41) is 0. The maximum Gasteiger partial charge on any atom is 1.00 e. The van der Waals surface area contributed by atoms with Crippen LogP contribution in [0.1, 0.15) is 0 Å². The average Bonchev–Trinajstić information content (AvgIpc) is 0.811. The molecule has 6 heteroatoms. The van der Waals surface area contributed by atoms with Gasteiger partial charge >= 0.3 is 37.7 Å². The van der Waals surface area contributed by atoms with Crippen LogP contribution in [0.4, 0.5) is 0 Å². The SMILES string of the molecule is [Li+].[Li+].[O-]P([O-])[O-]. The smallest absolute Gasteiger partial charge is 0.854 e. The van der Waals surface area contributed by atoms with Gasteiger partial charge in [-0.2, -0.15) is 0 Å². The molecule has 0 rings (SSSR count). The standard InChI is InChI=1S/2Li.O3P/c;;1-4(2)3/q2*+1;-3. The van der Waals surface area contributed by atoms with Gasteiger partial charge < -0.3 is 23.3 Å². The van der Waals surface area contributed by atoms with Crippen molar-refractivity contribution >= 4 is 8.60 Å². The first-order valence-corrected chi connectivity index (χ1v) is 1.64. The van der Waals surface area contributed by atoms with E-state index in [0.29, 0.717) is 0 Å². The predicted octanol–water partition coefficient (Wildman–Crippen LogP) is -8.70. The molecule has 0 amide bonds. The molecular weight excluding hydrogens is 92.9 g/mol. The Balaban J connectivity index is -0.0000000450. The molecule has 0 aliphatic carbocycles. The zero-order chi connectivity index (χ0) is 3.58. The van der Waals surface area contributed by atoms with Gasteiger partial charge in [0.05, 0.1) is 0 Å². The van der Waals surface area contributed by atoms with Crippen molar-refractivity contribution in [3.63, 3.8) is 0 Å². The Hall–Kier alpha value is 1.50. The molecule has 0 atom stereocenters. The largest absolute Gasteiger partial charge is 1.00 e. The molecule has 0 heterocycles. The molecule has 3 nitrogen and oxygen atoms in total. The molecule has 0 bridgehead atoms. The number of rotatable bonds is 0. The van der Waals surface area contributed by atoms with Gasteiger partial charge in [0.2, 0.25) is 0 Å². The Labute approximate surface area is 61.1 Å². The third kappa shape index (κ3) is 49.3. The van der Waals surface area contributed by atoms with E-state index in [4.69, 9.17) is 14.7 Å². The van der Waals surface area contributed by atoms with Crippen molar-refractivity contribution in [3.05, 3.63) is 0 Å². The fourth-order valence-corrected chi connectivity index (χ4v) is 0. The van der Waals surface area contributed by atoms with Gasteiger partial charge in [-0.25, -0.2) is 0 Å². The van der Waals surface area contributed by atoms with E-state index in [1.165, 1.54) is 0 Å². The summed E-state index contributed by atoms with van der Waals surface area (Å²) in [7, 11) is -3.37. The number of hydrogen-bond acceptors (Lipinski definition) is 3. The molecule has 6 heavy (non-hydrogen) atoms. The van der Waals surface area contributed by atoms with E-state index in [1.54, 1.807) is 0 Å². The van der Waals surface area contributed by atoms with Gasteiger partial charge in [-0.1, -0.05) is 0 Å². The van der Waals surface area contributed by atoms with Gasteiger partial charge in [0, 0.05) is 0 Å². The molecule has 0 saturated carbocycles. The van der Waals surface area contributed by atoms with Crippen LogP contribution < -0.4 is 52.4 Å². The van der Waals surface area contributed by atoms with Crippen molar-refractivity contribution in [2.24, 2.45) is 0 Å². The fourth-order valence-electron chi connectivity index (χ4n) is 0. The molecule has 0 spiro atoms.